The number of hydrogen-bond donors (Lipinski definition) is 2. The second kappa shape index (κ2) is 2.34. The van der Waals surface area contributed by atoms with E-state index in [-0.39, 0.29) is 5.57 Å². The molecule has 0 amide bonds. The molecule has 0 aromatic rings. The van der Waals surface area contributed by atoms with Crippen molar-refractivity contribution in [3.63, 3.8) is 0 Å². The molecule has 0 heterocycles. The first kappa shape index (κ1) is 6.14. The van der Waals surface area contributed by atoms with Gasteiger partial charge in [0.2, 0.25) is 5.97 Å². The number of allylic oxidation sites excluding steroid dienone is 1. The Morgan fingerprint density at radius 2 is 2.29 bits per heavy atom. The van der Waals surface area contributed by atoms with Gasteiger partial charge in [-0.1, -0.05) is 0 Å². The van der Waals surface area contributed by atoms with Gasteiger partial charge in [0.25, 0.3) is 0 Å². The summed E-state index contributed by atoms with van der Waals surface area (Å²) in [4.78, 5) is 0. The Labute approximate surface area is 41.3 Å². The molecule has 0 rings (SSSR count). The molecule has 0 radical (unpaired) electrons. The molecule has 0 aromatic heterocycles. The monoisotopic (exact) mass is 102 g/mol. The molecule has 0 fully saturated rings. The standard InChI is InChI=1S/C4H7FN2/c1-3(2-6)4(5)7/h2,7H,6H2,1H3. The van der Waals surface area contributed by atoms with Crippen molar-refractivity contribution in [1.82, 2.24) is 0 Å². The van der Waals surface area contributed by atoms with Crippen molar-refractivity contribution < 1.29 is 4.39 Å². The summed E-state index contributed by atoms with van der Waals surface area (Å²) in [6, 6.07) is 0. The predicted molar refractivity (Wildman–Crippen MR) is 26.8 cm³/mol. The van der Waals surface area contributed by atoms with E-state index in [1.54, 1.807) is 0 Å². The van der Waals surface area contributed by atoms with Crippen LogP contribution in [0.2, 0.25) is 0 Å². The molecule has 0 saturated heterocycles. The number of nitrogens with two attached hydrogens (primary N) is 1. The van der Waals surface area contributed by atoms with Crippen molar-refractivity contribution in [2.45, 2.75) is 6.92 Å². The molecule has 40 valence electrons. The van der Waals surface area contributed by atoms with Crippen molar-refractivity contribution in [2.24, 2.45) is 5.73 Å². The van der Waals surface area contributed by atoms with E-state index in [9.17, 15) is 4.39 Å². The fourth-order valence-corrected chi connectivity index (χ4v) is 0.0732. The number of hydrogen-bond acceptors (Lipinski definition) is 2. The van der Waals surface area contributed by atoms with Gasteiger partial charge in [0.1, 0.15) is 0 Å². The molecule has 3 N–H and O–H groups in total. The van der Waals surface area contributed by atoms with Crippen molar-refractivity contribution in [1.29, 1.82) is 5.41 Å². The lowest BCUT2D eigenvalue weighted by molar-refractivity contribution is 0.793. The molecule has 0 spiro atoms. The molecule has 0 aliphatic rings. The van der Waals surface area contributed by atoms with Gasteiger partial charge in [-0.2, -0.15) is 4.39 Å². The summed E-state index contributed by atoms with van der Waals surface area (Å²) in [5, 5.41) is 6.29. The van der Waals surface area contributed by atoms with Gasteiger partial charge >= 0.3 is 0 Å². The number of nitrogens with one attached hydrogen (secondary N) is 1. The predicted octanol–water partition coefficient (Wildman–Crippen LogP) is 0.796. The number of halogens is 1. The van der Waals surface area contributed by atoms with Gasteiger partial charge in [0.15, 0.2) is 0 Å². The molecular formula is C4H7FN2. The fourth-order valence-electron chi connectivity index (χ4n) is 0.0732. The van der Waals surface area contributed by atoms with Crippen LogP contribution < -0.4 is 5.73 Å². The zero-order chi connectivity index (χ0) is 5.86. The highest BCUT2D eigenvalue weighted by atomic mass is 19.1. The summed E-state index contributed by atoms with van der Waals surface area (Å²) in [7, 11) is 0. The summed E-state index contributed by atoms with van der Waals surface area (Å²) in [5.74, 6) is -0.970. The van der Waals surface area contributed by atoms with Gasteiger partial charge in [-0.25, -0.2) is 0 Å². The topological polar surface area (TPSA) is 49.9 Å². The molecule has 0 unspecified atom stereocenters. The average molecular weight is 102 g/mol. The van der Waals surface area contributed by atoms with Gasteiger partial charge < -0.3 is 5.73 Å². The molecule has 2 nitrogen and oxygen atoms in total. The molecular weight excluding hydrogens is 95.1 g/mol. The smallest absolute Gasteiger partial charge is 0.209 e. The summed E-state index contributed by atoms with van der Waals surface area (Å²) < 4.78 is 11.5. The van der Waals surface area contributed by atoms with Crippen molar-refractivity contribution in [3.8, 4) is 0 Å². The SMILES string of the molecule is CC(=CN)C(=N)F. The van der Waals surface area contributed by atoms with Crippen LogP contribution in [0.25, 0.3) is 0 Å². The third kappa shape index (κ3) is 1.92. The van der Waals surface area contributed by atoms with Crippen LogP contribution in [0, 0.1) is 5.41 Å². The first-order valence-corrected chi connectivity index (χ1v) is 1.81. The third-order valence-corrected chi connectivity index (χ3v) is 0.596. The average Bonchev–Trinajstić information content (AvgIpc) is 1.65. The van der Waals surface area contributed by atoms with Gasteiger partial charge in [0, 0.05) is 11.8 Å². The minimum atomic E-state index is -0.970. The lowest BCUT2D eigenvalue weighted by atomic mass is 10.3. The molecule has 0 aliphatic heterocycles. The van der Waals surface area contributed by atoms with E-state index in [1.807, 2.05) is 0 Å². The Morgan fingerprint density at radius 1 is 1.86 bits per heavy atom. The molecule has 0 bridgehead atoms. The molecule has 7 heavy (non-hydrogen) atoms. The third-order valence-electron chi connectivity index (χ3n) is 0.596. The van der Waals surface area contributed by atoms with E-state index in [1.165, 1.54) is 6.92 Å². The van der Waals surface area contributed by atoms with Crippen LogP contribution in [0.15, 0.2) is 11.8 Å². The highest BCUT2D eigenvalue weighted by Gasteiger charge is 1.90. The Bertz CT molecular complexity index is 106. The van der Waals surface area contributed by atoms with E-state index < -0.39 is 5.97 Å². The van der Waals surface area contributed by atoms with Crippen molar-refractivity contribution >= 4 is 5.97 Å². The fraction of sp³-hybridized carbons (Fsp3) is 0.250. The maximum Gasteiger partial charge on any atom is 0.209 e. The van der Waals surface area contributed by atoms with E-state index in [2.05, 4.69) is 0 Å². The largest absolute Gasteiger partial charge is 0.404 e. The normalized spacial score (nSPS) is 11.4. The lowest BCUT2D eigenvalue weighted by Crippen LogP contribution is -1.91. The molecule has 0 saturated carbocycles. The van der Waals surface area contributed by atoms with Crippen LogP contribution >= 0.6 is 0 Å². The van der Waals surface area contributed by atoms with Crippen LogP contribution in [0.4, 0.5) is 4.39 Å². The minimum absolute atomic E-state index is 0.167. The Morgan fingerprint density at radius 3 is 2.29 bits per heavy atom. The van der Waals surface area contributed by atoms with Crippen LogP contribution in [0.1, 0.15) is 6.92 Å². The van der Waals surface area contributed by atoms with E-state index >= 15 is 0 Å². The van der Waals surface area contributed by atoms with Gasteiger partial charge in [-0.05, 0) is 6.92 Å². The minimum Gasteiger partial charge on any atom is -0.404 e. The maximum absolute atomic E-state index is 11.5. The second-order valence-electron chi connectivity index (χ2n) is 1.16. The Hall–Kier alpha value is -0.860. The first-order chi connectivity index (χ1) is 3.18. The summed E-state index contributed by atoms with van der Waals surface area (Å²) >= 11 is 0. The van der Waals surface area contributed by atoms with E-state index in [0.29, 0.717) is 0 Å². The van der Waals surface area contributed by atoms with Crippen molar-refractivity contribution in [2.75, 3.05) is 0 Å². The van der Waals surface area contributed by atoms with E-state index in [0.717, 1.165) is 6.20 Å². The van der Waals surface area contributed by atoms with Gasteiger partial charge in [-0.3, -0.25) is 5.41 Å². The summed E-state index contributed by atoms with van der Waals surface area (Å²) in [5.41, 5.74) is 5.00. The Kier molecular flexibility index (Phi) is 2.05. The highest BCUT2D eigenvalue weighted by Crippen LogP contribution is 1.90. The van der Waals surface area contributed by atoms with Crippen LogP contribution in [-0.2, 0) is 0 Å². The molecule has 0 atom stereocenters. The molecule has 0 aromatic carbocycles. The van der Waals surface area contributed by atoms with Gasteiger partial charge in [0.05, 0.1) is 0 Å². The second-order valence-corrected chi connectivity index (χ2v) is 1.16. The van der Waals surface area contributed by atoms with Crippen LogP contribution in [0.5, 0.6) is 0 Å². The van der Waals surface area contributed by atoms with Crippen molar-refractivity contribution in [3.05, 3.63) is 11.8 Å². The molecule has 0 aliphatic carbocycles. The summed E-state index contributed by atoms with van der Waals surface area (Å²) in [6.45, 7) is 1.43. The first-order valence-electron chi connectivity index (χ1n) is 1.81. The number of rotatable bonds is 1. The summed E-state index contributed by atoms with van der Waals surface area (Å²) in [6.07, 6.45) is 1.06. The maximum atomic E-state index is 11.5. The zero-order valence-electron chi connectivity index (χ0n) is 4.03. The van der Waals surface area contributed by atoms with Gasteiger partial charge in [-0.15, -0.1) is 0 Å². The highest BCUT2D eigenvalue weighted by molar-refractivity contribution is 5.88. The quantitative estimate of drug-likeness (QED) is 0.472. The zero-order valence-corrected chi connectivity index (χ0v) is 4.03. The molecule has 3 heteroatoms. The van der Waals surface area contributed by atoms with Crippen LogP contribution in [-0.4, -0.2) is 5.97 Å². The van der Waals surface area contributed by atoms with E-state index in [4.69, 9.17) is 11.1 Å². The van der Waals surface area contributed by atoms with Crippen LogP contribution in [0.3, 0.4) is 0 Å². The lowest BCUT2D eigenvalue weighted by Gasteiger charge is -1.85. The Balaban J connectivity index is 3.82.